The van der Waals surface area contributed by atoms with Gasteiger partial charge in [-0.05, 0) is 27.8 Å². The lowest BCUT2D eigenvalue weighted by Gasteiger charge is -2.31. The van der Waals surface area contributed by atoms with Gasteiger partial charge in [0.15, 0.2) is 0 Å². The molecule has 0 spiro atoms. The number of alkyl halides is 3. The molecular weight excluding hydrogens is 407 g/mol. The highest BCUT2D eigenvalue weighted by molar-refractivity contribution is 5.79. The lowest BCUT2D eigenvalue weighted by molar-refractivity contribution is -0.263. The van der Waals surface area contributed by atoms with E-state index < -0.39 is 24.4 Å². The summed E-state index contributed by atoms with van der Waals surface area (Å²) < 4.78 is 45.9. The van der Waals surface area contributed by atoms with E-state index in [2.05, 4.69) is 5.32 Å². The van der Waals surface area contributed by atoms with Gasteiger partial charge in [-0.3, -0.25) is 0 Å². The average Bonchev–Trinajstić information content (AvgIpc) is 3.09. The second-order valence-corrected chi connectivity index (χ2v) is 7.40. The van der Waals surface area contributed by atoms with Gasteiger partial charge >= 0.3 is 12.3 Å². The Morgan fingerprint density at radius 2 is 1.39 bits per heavy atom. The monoisotopic (exact) mass is 427 g/mol. The highest BCUT2D eigenvalue weighted by Crippen LogP contribution is 2.44. The van der Waals surface area contributed by atoms with Crippen LogP contribution in [-0.2, 0) is 10.3 Å². The number of alkyl carbamates (subject to hydrolysis) is 1. The van der Waals surface area contributed by atoms with Crippen molar-refractivity contribution in [1.29, 1.82) is 0 Å². The van der Waals surface area contributed by atoms with Gasteiger partial charge in [0.25, 0.3) is 0 Å². The number of fused-ring (bicyclic) bond motifs is 3. The van der Waals surface area contributed by atoms with Crippen molar-refractivity contribution in [3.05, 3.63) is 95.6 Å². The van der Waals surface area contributed by atoms with Gasteiger partial charge in [0, 0.05) is 5.92 Å². The highest BCUT2D eigenvalue weighted by Gasteiger charge is 2.55. The Bertz CT molecular complexity index is 1040. The number of rotatable bonds is 5. The smallest absolute Gasteiger partial charge is 0.423 e. The first kappa shape index (κ1) is 20.9. The van der Waals surface area contributed by atoms with Crippen LogP contribution in [0.25, 0.3) is 11.1 Å². The number of carbonyl (C=O) groups excluding carboxylic acids is 1. The van der Waals surface area contributed by atoms with Crippen LogP contribution in [0.4, 0.5) is 18.0 Å². The van der Waals surface area contributed by atoms with Crippen LogP contribution < -0.4 is 5.32 Å². The Balaban J connectivity index is 1.45. The fraction of sp³-hybridized carbons (Fsp3) is 0.208. The molecule has 2 N–H and O–H groups in total. The maximum Gasteiger partial charge on any atom is 0.423 e. The minimum Gasteiger partial charge on any atom is -0.449 e. The number of carbonyl (C=O) groups is 1. The van der Waals surface area contributed by atoms with Crippen molar-refractivity contribution in [3.8, 4) is 11.1 Å². The van der Waals surface area contributed by atoms with Gasteiger partial charge in [-0.2, -0.15) is 13.2 Å². The van der Waals surface area contributed by atoms with Crippen LogP contribution in [-0.4, -0.2) is 30.5 Å². The Morgan fingerprint density at radius 1 is 0.871 bits per heavy atom. The van der Waals surface area contributed by atoms with Crippen LogP contribution in [0.2, 0.25) is 0 Å². The molecule has 0 saturated heterocycles. The lowest BCUT2D eigenvalue weighted by Crippen LogP contribution is -2.51. The first-order valence-electron chi connectivity index (χ1n) is 9.75. The SMILES string of the molecule is O=C(NCC(O)(c1ccccc1)C(F)(F)F)OCC1c2ccccc2-c2ccccc21. The fourth-order valence-electron chi connectivity index (χ4n) is 3.93. The van der Waals surface area contributed by atoms with Gasteiger partial charge < -0.3 is 15.2 Å². The molecule has 0 radical (unpaired) electrons. The van der Waals surface area contributed by atoms with Gasteiger partial charge in [-0.15, -0.1) is 0 Å². The van der Waals surface area contributed by atoms with Crippen molar-refractivity contribution in [2.24, 2.45) is 0 Å². The van der Waals surface area contributed by atoms with Crippen LogP contribution in [0.15, 0.2) is 78.9 Å². The molecule has 3 aromatic carbocycles. The quantitative estimate of drug-likeness (QED) is 0.604. The predicted octanol–water partition coefficient (Wildman–Crippen LogP) is 4.98. The van der Waals surface area contributed by atoms with E-state index in [4.69, 9.17) is 4.74 Å². The van der Waals surface area contributed by atoms with Crippen LogP contribution in [0.1, 0.15) is 22.6 Å². The summed E-state index contributed by atoms with van der Waals surface area (Å²) in [6, 6.07) is 22.1. The van der Waals surface area contributed by atoms with Crippen molar-refractivity contribution in [3.63, 3.8) is 0 Å². The zero-order valence-electron chi connectivity index (χ0n) is 16.4. The summed E-state index contributed by atoms with van der Waals surface area (Å²) in [7, 11) is 0. The second-order valence-electron chi connectivity index (χ2n) is 7.40. The molecule has 0 bridgehead atoms. The molecule has 1 amide bonds. The molecule has 160 valence electrons. The molecule has 0 fully saturated rings. The zero-order valence-corrected chi connectivity index (χ0v) is 16.4. The number of benzene rings is 3. The van der Waals surface area contributed by atoms with E-state index in [0.29, 0.717) is 0 Å². The molecule has 4 nitrogen and oxygen atoms in total. The van der Waals surface area contributed by atoms with Gasteiger partial charge in [0.2, 0.25) is 5.60 Å². The molecule has 0 heterocycles. The Morgan fingerprint density at radius 3 is 1.94 bits per heavy atom. The zero-order chi connectivity index (χ0) is 22.1. The number of hydrogen-bond acceptors (Lipinski definition) is 3. The maximum atomic E-state index is 13.6. The highest BCUT2D eigenvalue weighted by atomic mass is 19.4. The third-order valence-corrected chi connectivity index (χ3v) is 5.55. The molecule has 1 aliphatic carbocycles. The van der Waals surface area contributed by atoms with Gasteiger partial charge in [-0.1, -0.05) is 78.9 Å². The molecule has 4 rings (SSSR count). The minimum absolute atomic E-state index is 0.0321. The topological polar surface area (TPSA) is 58.6 Å². The van der Waals surface area contributed by atoms with Crippen molar-refractivity contribution < 1.29 is 27.8 Å². The van der Waals surface area contributed by atoms with Crippen molar-refractivity contribution >= 4 is 6.09 Å². The first-order chi connectivity index (χ1) is 14.8. The van der Waals surface area contributed by atoms with Crippen LogP contribution in [0.3, 0.4) is 0 Å². The Hall–Kier alpha value is -3.32. The Labute approximate surface area is 177 Å². The van der Waals surface area contributed by atoms with Crippen LogP contribution >= 0.6 is 0 Å². The molecule has 1 aliphatic rings. The van der Waals surface area contributed by atoms with Gasteiger partial charge in [0.05, 0.1) is 6.54 Å². The first-order valence-corrected chi connectivity index (χ1v) is 9.75. The maximum absolute atomic E-state index is 13.6. The second kappa shape index (κ2) is 8.07. The summed E-state index contributed by atoms with van der Waals surface area (Å²) >= 11 is 0. The average molecular weight is 427 g/mol. The van der Waals surface area contributed by atoms with E-state index in [1.807, 2.05) is 48.5 Å². The summed E-state index contributed by atoms with van der Waals surface area (Å²) in [6.45, 7) is -1.09. The molecule has 0 aromatic heterocycles. The summed E-state index contributed by atoms with van der Waals surface area (Å²) in [4.78, 5) is 12.2. The number of hydrogen-bond donors (Lipinski definition) is 2. The van der Waals surface area contributed by atoms with E-state index in [0.717, 1.165) is 34.4 Å². The molecule has 31 heavy (non-hydrogen) atoms. The van der Waals surface area contributed by atoms with Crippen molar-refractivity contribution in [2.45, 2.75) is 17.7 Å². The lowest BCUT2D eigenvalue weighted by atomic mass is 9.93. The van der Waals surface area contributed by atoms with Gasteiger partial charge in [-0.25, -0.2) is 4.79 Å². The Kier molecular flexibility index (Phi) is 5.45. The summed E-state index contributed by atoms with van der Waals surface area (Å²) in [6.07, 6.45) is -6.01. The van der Waals surface area contributed by atoms with E-state index in [1.165, 1.54) is 12.1 Å². The van der Waals surface area contributed by atoms with Gasteiger partial charge in [0.1, 0.15) is 6.61 Å². The predicted molar refractivity (Wildman–Crippen MR) is 109 cm³/mol. The standard InChI is InChI=1S/C24H20F3NO3/c25-24(26,27)23(30,16-8-2-1-3-9-16)15-28-22(29)31-14-21-19-12-6-4-10-17(19)18-11-5-7-13-20(18)21/h1-13,21,30H,14-15H2,(H,28,29). The number of aliphatic hydroxyl groups is 1. The van der Waals surface area contributed by atoms with E-state index in [-0.39, 0.29) is 18.1 Å². The summed E-state index contributed by atoms with van der Waals surface area (Å²) in [5.74, 6) is -0.214. The normalized spacial score (nSPS) is 15.0. The molecule has 1 unspecified atom stereocenters. The number of ether oxygens (including phenoxy) is 1. The van der Waals surface area contributed by atoms with Crippen LogP contribution in [0, 0.1) is 0 Å². The van der Waals surface area contributed by atoms with Crippen molar-refractivity contribution in [1.82, 2.24) is 5.32 Å². The molecule has 7 heteroatoms. The summed E-state index contributed by atoms with van der Waals surface area (Å²) in [5, 5.41) is 12.4. The van der Waals surface area contributed by atoms with E-state index in [9.17, 15) is 23.1 Å². The third kappa shape index (κ3) is 3.88. The number of amides is 1. The van der Waals surface area contributed by atoms with Crippen LogP contribution in [0.5, 0.6) is 0 Å². The number of nitrogens with one attached hydrogen (secondary N) is 1. The summed E-state index contributed by atoms with van der Waals surface area (Å²) in [5.41, 5.74) is 0.492. The molecule has 0 aliphatic heterocycles. The number of halogens is 3. The molecule has 3 aromatic rings. The van der Waals surface area contributed by atoms with E-state index >= 15 is 0 Å². The largest absolute Gasteiger partial charge is 0.449 e. The molecule has 1 atom stereocenters. The minimum atomic E-state index is -4.98. The van der Waals surface area contributed by atoms with Crippen molar-refractivity contribution in [2.75, 3.05) is 13.2 Å². The third-order valence-electron chi connectivity index (χ3n) is 5.55. The molecule has 0 saturated carbocycles. The van der Waals surface area contributed by atoms with E-state index in [1.54, 1.807) is 6.07 Å². The molecular formula is C24H20F3NO3. The fourth-order valence-corrected chi connectivity index (χ4v) is 3.93.